The van der Waals surface area contributed by atoms with Gasteiger partial charge in [-0.2, -0.15) is 0 Å². The lowest BCUT2D eigenvalue weighted by Gasteiger charge is -2.45. The van der Waals surface area contributed by atoms with E-state index >= 15 is 0 Å². The zero-order valence-corrected chi connectivity index (χ0v) is 34.5. The van der Waals surface area contributed by atoms with E-state index in [9.17, 15) is 0 Å². The molecule has 2 aliphatic rings. The molecule has 0 amide bonds. The van der Waals surface area contributed by atoms with Gasteiger partial charge in [0, 0.05) is 54.8 Å². The zero-order valence-electron chi connectivity index (χ0n) is 34.5. The topological polar surface area (TPSA) is 59.0 Å². The summed E-state index contributed by atoms with van der Waals surface area (Å²) in [5, 5.41) is 10.9. The van der Waals surface area contributed by atoms with E-state index in [-0.39, 0.29) is 6.71 Å². The Morgan fingerprint density at radius 3 is 1.29 bits per heavy atom. The average Bonchev–Trinajstić information content (AvgIpc) is 4.12. The van der Waals surface area contributed by atoms with Crippen molar-refractivity contribution in [3.05, 3.63) is 188 Å². The first-order valence-corrected chi connectivity index (χ1v) is 22.1. The average molecular weight is 831 g/mol. The van der Waals surface area contributed by atoms with Crippen molar-refractivity contribution in [3.63, 3.8) is 0 Å². The molecule has 0 N–H and O–H groups in total. The second-order valence-corrected chi connectivity index (χ2v) is 17.5. The van der Waals surface area contributed by atoms with Crippen LogP contribution in [0.1, 0.15) is 0 Å². The summed E-state index contributed by atoms with van der Waals surface area (Å²) in [6.07, 6.45) is 0. The van der Waals surface area contributed by atoms with Crippen LogP contribution in [-0.4, -0.2) is 6.71 Å². The second kappa shape index (κ2) is 12.1. The van der Waals surface area contributed by atoms with E-state index in [1.807, 2.05) is 24.3 Å². The molecular formula is C58H31BN2O4. The molecule has 0 saturated carbocycles. The molecular weight excluding hydrogens is 799 g/mol. The second-order valence-electron chi connectivity index (χ2n) is 17.5. The molecule has 14 aromatic rings. The van der Waals surface area contributed by atoms with Gasteiger partial charge in [-0.3, -0.25) is 0 Å². The molecule has 0 spiro atoms. The van der Waals surface area contributed by atoms with Crippen molar-refractivity contribution in [2.24, 2.45) is 0 Å². The SMILES string of the molecule is c1ccc2c3c4c(cc2c1)N(c1cccc2oc5ccccc5c12)c1cc2c(cc1B4c1cc4oc5ccccc5c4cc1N3c1cccc3oc4ccccc4c13)oc1ccccc12. The molecule has 65 heavy (non-hydrogen) atoms. The van der Waals surface area contributed by atoms with Gasteiger partial charge in [0.2, 0.25) is 0 Å². The van der Waals surface area contributed by atoms with E-state index < -0.39 is 0 Å². The van der Waals surface area contributed by atoms with Gasteiger partial charge >= 0.3 is 0 Å². The van der Waals surface area contributed by atoms with Crippen molar-refractivity contribution in [1.29, 1.82) is 0 Å². The summed E-state index contributed by atoms with van der Waals surface area (Å²) in [7, 11) is 0. The predicted octanol–water partition coefficient (Wildman–Crippen LogP) is 14.5. The van der Waals surface area contributed by atoms with Gasteiger partial charge in [0.15, 0.2) is 0 Å². The quantitative estimate of drug-likeness (QED) is 0.162. The van der Waals surface area contributed by atoms with Crippen molar-refractivity contribution in [2.45, 2.75) is 0 Å². The number of anilines is 6. The van der Waals surface area contributed by atoms with E-state index in [0.717, 1.165) is 144 Å². The number of hydrogen-bond donors (Lipinski definition) is 0. The largest absolute Gasteiger partial charge is 0.456 e. The van der Waals surface area contributed by atoms with Crippen LogP contribution in [0.2, 0.25) is 0 Å². The monoisotopic (exact) mass is 830 g/mol. The number of rotatable bonds is 2. The molecule has 6 heterocycles. The fourth-order valence-corrected chi connectivity index (χ4v) is 11.6. The van der Waals surface area contributed by atoms with Gasteiger partial charge in [-0.1, -0.05) is 109 Å². The lowest BCUT2D eigenvalue weighted by Crippen LogP contribution is -2.61. The minimum atomic E-state index is -0.210. The van der Waals surface area contributed by atoms with Crippen LogP contribution in [0, 0.1) is 0 Å². The van der Waals surface area contributed by atoms with Gasteiger partial charge in [0.05, 0.1) is 27.8 Å². The molecule has 0 saturated heterocycles. The highest BCUT2D eigenvalue weighted by molar-refractivity contribution is 7.01. The maximum atomic E-state index is 6.77. The number of para-hydroxylation sites is 4. The molecule has 0 unspecified atom stereocenters. The molecule has 0 fully saturated rings. The van der Waals surface area contributed by atoms with E-state index in [4.69, 9.17) is 17.7 Å². The fraction of sp³-hybridized carbons (Fsp3) is 0. The Bertz CT molecular complexity index is 4400. The van der Waals surface area contributed by atoms with Gasteiger partial charge in [0.1, 0.15) is 44.7 Å². The van der Waals surface area contributed by atoms with Gasteiger partial charge in [-0.25, -0.2) is 0 Å². The summed E-state index contributed by atoms with van der Waals surface area (Å²) in [6.45, 7) is -0.210. The highest BCUT2D eigenvalue weighted by atomic mass is 16.3. The summed E-state index contributed by atoms with van der Waals surface area (Å²) in [5.74, 6) is 0. The third-order valence-corrected chi connectivity index (χ3v) is 14.2. The fourth-order valence-electron chi connectivity index (χ4n) is 11.6. The normalized spacial score (nSPS) is 13.4. The molecule has 10 aromatic carbocycles. The first-order valence-electron chi connectivity index (χ1n) is 22.1. The van der Waals surface area contributed by atoms with Crippen molar-refractivity contribution in [3.8, 4) is 0 Å². The van der Waals surface area contributed by atoms with Crippen LogP contribution in [-0.2, 0) is 0 Å². The lowest BCUT2D eigenvalue weighted by atomic mass is 9.33. The van der Waals surface area contributed by atoms with Gasteiger partial charge in [0.25, 0.3) is 6.71 Å². The van der Waals surface area contributed by atoms with E-state index in [2.05, 4.69) is 174 Å². The summed E-state index contributed by atoms with van der Waals surface area (Å²) in [5.41, 5.74) is 16.8. The highest BCUT2D eigenvalue weighted by Gasteiger charge is 2.46. The summed E-state index contributed by atoms with van der Waals surface area (Å²) >= 11 is 0. The molecule has 6 nitrogen and oxygen atoms in total. The molecule has 7 heteroatoms. The van der Waals surface area contributed by atoms with Crippen LogP contribution in [0.4, 0.5) is 34.1 Å². The standard InChI is InChI=1S/C58H31BN2O4/c1-2-14-33-32(13-1)27-46-57-58(33)61(43-20-12-26-52-56(43)37-18-6-10-24-50(37)63-52)45-29-39-35-16-4-8-22-48(35)65-54(39)31-41(45)59(57)40-30-53-38(34-15-3-7-21-47(34)64-53)28-44(40)60(46)42-19-11-25-51-55(42)36-17-5-9-23-49(36)62-51/h1-31H. The van der Waals surface area contributed by atoms with Crippen LogP contribution in [0.25, 0.3) is 98.5 Å². The van der Waals surface area contributed by atoms with Crippen molar-refractivity contribution < 1.29 is 17.7 Å². The van der Waals surface area contributed by atoms with Crippen molar-refractivity contribution in [2.75, 3.05) is 9.80 Å². The summed E-state index contributed by atoms with van der Waals surface area (Å²) in [6, 6.07) is 67.0. The van der Waals surface area contributed by atoms with E-state index in [1.165, 1.54) is 5.46 Å². The number of fused-ring (bicyclic) bond motifs is 18. The molecule has 4 aromatic heterocycles. The Morgan fingerprint density at radius 2 is 0.723 bits per heavy atom. The molecule has 0 radical (unpaired) electrons. The Hall–Kier alpha value is -8.68. The number of furan rings is 4. The third-order valence-electron chi connectivity index (χ3n) is 14.2. The number of hydrogen-bond acceptors (Lipinski definition) is 6. The molecule has 2 aliphatic heterocycles. The first-order chi connectivity index (χ1) is 32.2. The molecule has 0 aliphatic carbocycles. The van der Waals surface area contributed by atoms with Crippen molar-refractivity contribution >= 4 is 156 Å². The third kappa shape index (κ3) is 4.34. The van der Waals surface area contributed by atoms with Crippen LogP contribution in [0.5, 0.6) is 0 Å². The number of benzene rings is 10. The molecule has 16 rings (SSSR count). The summed E-state index contributed by atoms with van der Waals surface area (Å²) < 4.78 is 26.8. The zero-order chi connectivity index (χ0) is 42.1. The Kier molecular flexibility index (Phi) is 6.29. The van der Waals surface area contributed by atoms with E-state index in [1.54, 1.807) is 0 Å². The van der Waals surface area contributed by atoms with E-state index in [0.29, 0.717) is 0 Å². The molecule has 300 valence electrons. The first kappa shape index (κ1) is 33.9. The number of nitrogens with zero attached hydrogens (tertiary/aromatic N) is 2. The van der Waals surface area contributed by atoms with Crippen LogP contribution >= 0.6 is 0 Å². The Balaban J connectivity index is 1.12. The molecule has 0 atom stereocenters. The van der Waals surface area contributed by atoms with Crippen LogP contribution in [0.3, 0.4) is 0 Å². The smallest absolute Gasteiger partial charge is 0.252 e. The maximum Gasteiger partial charge on any atom is 0.252 e. The molecule has 0 bridgehead atoms. The summed E-state index contributed by atoms with van der Waals surface area (Å²) in [4.78, 5) is 5.02. The van der Waals surface area contributed by atoms with Crippen LogP contribution in [0.15, 0.2) is 206 Å². The Morgan fingerprint density at radius 1 is 0.292 bits per heavy atom. The van der Waals surface area contributed by atoms with Crippen LogP contribution < -0.4 is 26.2 Å². The maximum absolute atomic E-state index is 6.77. The Labute approximate surface area is 369 Å². The minimum Gasteiger partial charge on any atom is -0.456 e. The highest BCUT2D eigenvalue weighted by Crippen LogP contribution is 2.52. The minimum absolute atomic E-state index is 0.210. The lowest BCUT2D eigenvalue weighted by molar-refractivity contribution is 0.668. The van der Waals surface area contributed by atoms with Gasteiger partial charge in [-0.05, 0) is 101 Å². The van der Waals surface area contributed by atoms with Gasteiger partial charge in [-0.15, -0.1) is 0 Å². The predicted molar refractivity (Wildman–Crippen MR) is 267 cm³/mol. The van der Waals surface area contributed by atoms with Gasteiger partial charge < -0.3 is 27.5 Å². The van der Waals surface area contributed by atoms with Crippen molar-refractivity contribution in [1.82, 2.24) is 0 Å².